The first-order valence-corrected chi connectivity index (χ1v) is 5.19. The van der Waals surface area contributed by atoms with E-state index in [0.29, 0.717) is 12.4 Å². The van der Waals surface area contributed by atoms with Crippen molar-refractivity contribution in [1.82, 2.24) is 0 Å². The van der Waals surface area contributed by atoms with Gasteiger partial charge in [0.15, 0.2) is 0 Å². The van der Waals surface area contributed by atoms with Gasteiger partial charge < -0.3 is 4.74 Å². The molecule has 1 rings (SSSR count). The zero-order valence-corrected chi connectivity index (χ0v) is 8.85. The Kier molecular flexibility index (Phi) is 4.44. The fraction of sp³-hybridized carbons (Fsp3) is 0.500. The second-order valence-corrected chi connectivity index (χ2v) is 3.31. The van der Waals surface area contributed by atoms with Crippen LogP contribution >= 0.6 is 0 Å². The SMILES string of the molecule is CCCCOc1ccc(CC)c(F)c1. The molecule has 1 aromatic carbocycles. The van der Waals surface area contributed by atoms with E-state index >= 15 is 0 Å². The number of halogens is 1. The quantitative estimate of drug-likeness (QED) is 0.654. The molecule has 0 aliphatic carbocycles. The molecular weight excluding hydrogens is 179 g/mol. The summed E-state index contributed by atoms with van der Waals surface area (Å²) >= 11 is 0. The van der Waals surface area contributed by atoms with Crippen LogP contribution in [0.2, 0.25) is 0 Å². The molecule has 0 fully saturated rings. The molecule has 1 aromatic rings. The molecule has 0 unspecified atom stereocenters. The third-order valence-electron chi connectivity index (χ3n) is 2.17. The molecule has 0 N–H and O–H groups in total. The van der Waals surface area contributed by atoms with Gasteiger partial charge in [-0.05, 0) is 24.5 Å². The van der Waals surface area contributed by atoms with Crippen molar-refractivity contribution in [1.29, 1.82) is 0 Å². The van der Waals surface area contributed by atoms with Crippen LogP contribution in [0, 0.1) is 5.82 Å². The first-order valence-electron chi connectivity index (χ1n) is 5.19. The molecule has 0 saturated heterocycles. The Morgan fingerprint density at radius 3 is 2.64 bits per heavy atom. The predicted octanol–water partition coefficient (Wildman–Crippen LogP) is 3.57. The fourth-order valence-corrected chi connectivity index (χ4v) is 1.24. The summed E-state index contributed by atoms with van der Waals surface area (Å²) in [7, 11) is 0. The molecule has 0 amide bonds. The summed E-state index contributed by atoms with van der Waals surface area (Å²) < 4.78 is 18.7. The smallest absolute Gasteiger partial charge is 0.130 e. The van der Waals surface area contributed by atoms with Crippen LogP contribution in [0.5, 0.6) is 5.75 Å². The average Bonchev–Trinajstić information content (AvgIpc) is 2.18. The maximum absolute atomic E-state index is 13.3. The molecule has 0 atom stereocenters. The van der Waals surface area contributed by atoms with Crippen molar-refractivity contribution in [3.8, 4) is 5.75 Å². The van der Waals surface area contributed by atoms with Crippen LogP contribution in [0.1, 0.15) is 32.3 Å². The number of aryl methyl sites for hydroxylation is 1. The highest BCUT2D eigenvalue weighted by molar-refractivity contribution is 5.28. The van der Waals surface area contributed by atoms with Crippen LogP contribution in [-0.2, 0) is 6.42 Å². The lowest BCUT2D eigenvalue weighted by atomic mass is 10.1. The Bertz CT molecular complexity index is 284. The highest BCUT2D eigenvalue weighted by Gasteiger charge is 2.01. The van der Waals surface area contributed by atoms with Crippen LogP contribution in [0.15, 0.2) is 18.2 Å². The predicted molar refractivity (Wildman–Crippen MR) is 56.2 cm³/mol. The summed E-state index contributed by atoms with van der Waals surface area (Å²) in [4.78, 5) is 0. The number of unbranched alkanes of at least 4 members (excludes halogenated alkanes) is 1. The molecular formula is C12H17FO. The topological polar surface area (TPSA) is 9.23 Å². The molecule has 0 aromatic heterocycles. The van der Waals surface area contributed by atoms with E-state index in [-0.39, 0.29) is 5.82 Å². The molecule has 78 valence electrons. The Hall–Kier alpha value is -1.05. The van der Waals surface area contributed by atoms with E-state index in [2.05, 4.69) is 6.92 Å². The normalized spacial score (nSPS) is 10.2. The van der Waals surface area contributed by atoms with Crippen LogP contribution in [0.25, 0.3) is 0 Å². The van der Waals surface area contributed by atoms with Gasteiger partial charge in [0.05, 0.1) is 6.61 Å². The van der Waals surface area contributed by atoms with E-state index < -0.39 is 0 Å². The van der Waals surface area contributed by atoms with Crippen molar-refractivity contribution < 1.29 is 9.13 Å². The van der Waals surface area contributed by atoms with Crippen LogP contribution < -0.4 is 4.74 Å². The van der Waals surface area contributed by atoms with Gasteiger partial charge in [-0.1, -0.05) is 26.3 Å². The second-order valence-electron chi connectivity index (χ2n) is 3.31. The summed E-state index contributed by atoms with van der Waals surface area (Å²) in [6.07, 6.45) is 2.83. The zero-order chi connectivity index (χ0) is 10.4. The van der Waals surface area contributed by atoms with Gasteiger partial charge in [-0.15, -0.1) is 0 Å². The first kappa shape index (κ1) is 11.0. The van der Waals surface area contributed by atoms with E-state index in [1.54, 1.807) is 6.07 Å². The molecule has 0 spiro atoms. The summed E-state index contributed by atoms with van der Waals surface area (Å²) in [5, 5.41) is 0. The van der Waals surface area contributed by atoms with Gasteiger partial charge in [-0.25, -0.2) is 4.39 Å². The first-order chi connectivity index (χ1) is 6.77. The maximum atomic E-state index is 13.3. The van der Waals surface area contributed by atoms with Crippen LogP contribution in [0.3, 0.4) is 0 Å². The van der Waals surface area contributed by atoms with E-state index in [1.165, 1.54) is 6.07 Å². The van der Waals surface area contributed by atoms with Gasteiger partial charge in [0.25, 0.3) is 0 Å². The Morgan fingerprint density at radius 2 is 2.07 bits per heavy atom. The second kappa shape index (κ2) is 5.63. The molecule has 2 heteroatoms. The van der Waals surface area contributed by atoms with Crippen molar-refractivity contribution in [2.24, 2.45) is 0 Å². The van der Waals surface area contributed by atoms with Crippen molar-refractivity contribution in [3.05, 3.63) is 29.6 Å². The monoisotopic (exact) mass is 196 g/mol. The molecule has 0 heterocycles. The minimum atomic E-state index is -0.165. The number of benzene rings is 1. The van der Waals surface area contributed by atoms with Gasteiger partial charge >= 0.3 is 0 Å². The van der Waals surface area contributed by atoms with Gasteiger partial charge in [0.1, 0.15) is 11.6 Å². The van der Waals surface area contributed by atoms with Gasteiger partial charge in [0.2, 0.25) is 0 Å². The molecule has 0 aliphatic rings. The number of hydrogen-bond acceptors (Lipinski definition) is 1. The Balaban J connectivity index is 2.57. The summed E-state index contributed by atoms with van der Waals surface area (Å²) in [6, 6.07) is 5.09. The largest absolute Gasteiger partial charge is 0.493 e. The summed E-state index contributed by atoms with van der Waals surface area (Å²) in [5.74, 6) is 0.467. The molecule has 1 nitrogen and oxygen atoms in total. The molecule has 0 bridgehead atoms. The van der Waals surface area contributed by atoms with Crippen LogP contribution in [-0.4, -0.2) is 6.61 Å². The van der Waals surface area contributed by atoms with Gasteiger partial charge in [-0.2, -0.15) is 0 Å². The lowest BCUT2D eigenvalue weighted by Gasteiger charge is -2.06. The van der Waals surface area contributed by atoms with Crippen molar-refractivity contribution in [2.45, 2.75) is 33.1 Å². The third-order valence-corrected chi connectivity index (χ3v) is 2.17. The Morgan fingerprint density at radius 1 is 1.29 bits per heavy atom. The highest BCUT2D eigenvalue weighted by Crippen LogP contribution is 2.17. The Labute approximate surface area is 84.9 Å². The third kappa shape index (κ3) is 3.02. The number of ether oxygens (including phenoxy) is 1. The molecule has 0 radical (unpaired) electrons. The van der Waals surface area contributed by atoms with E-state index in [0.717, 1.165) is 24.8 Å². The van der Waals surface area contributed by atoms with E-state index in [9.17, 15) is 4.39 Å². The minimum Gasteiger partial charge on any atom is -0.493 e. The summed E-state index contributed by atoms with van der Waals surface area (Å²) in [6.45, 7) is 4.71. The maximum Gasteiger partial charge on any atom is 0.130 e. The van der Waals surface area contributed by atoms with Crippen molar-refractivity contribution in [3.63, 3.8) is 0 Å². The highest BCUT2D eigenvalue weighted by atomic mass is 19.1. The van der Waals surface area contributed by atoms with E-state index in [1.807, 2.05) is 13.0 Å². The molecule has 14 heavy (non-hydrogen) atoms. The van der Waals surface area contributed by atoms with Gasteiger partial charge in [0, 0.05) is 6.07 Å². The van der Waals surface area contributed by atoms with Crippen molar-refractivity contribution in [2.75, 3.05) is 6.61 Å². The summed E-state index contributed by atoms with van der Waals surface area (Å²) in [5.41, 5.74) is 0.743. The lowest BCUT2D eigenvalue weighted by molar-refractivity contribution is 0.307. The molecule has 0 saturated carbocycles. The average molecular weight is 196 g/mol. The lowest BCUT2D eigenvalue weighted by Crippen LogP contribution is -1.97. The molecule has 0 aliphatic heterocycles. The zero-order valence-electron chi connectivity index (χ0n) is 8.85. The number of rotatable bonds is 5. The number of hydrogen-bond donors (Lipinski definition) is 0. The van der Waals surface area contributed by atoms with Gasteiger partial charge in [-0.3, -0.25) is 0 Å². The van der Waals surface area contributed by atoms with Crippen LogP contribution in [0.4, 0.5) is 4.39 Å². The van der Waals surface area contributed by atoms with E-state index in [4.69, 9.17) is 4.74 Å². The van der Waals surface area contributed by atoms with Crippen molar-refractivity contribution >= 4 is 0 Å². The minimum absolute atomic E-state index is 0.165. The fourth-order valence-electron chi connectivity index (χ4n) is 1.24. The standard InChI is InChI=1S/C12H17FO/c1-3-5-8-14-11-7-6-10(4-2)12(13)9-11/h6-7,9H,3-5,8H2,1-2H3.